The first kappa shape index (κ1) is 13.7. The number of rotatable bonds is 2. The Bertz CT molecular complexity index is 544. The highest BCUT2D eigenvalue weighted by atomic mass is 16.6. The highest BCUT2D eigenvalue weighted by Gasteiger charge is 2.30. The molecule has 0 fully saturated rings. The van der Waals surface area contributed by atoms with Crippen LogP contribution in [0.15, 0.2) is 47.4 Å². The average molecular weight is 278 g/mol. The minimum Gasteiger partial charge on any atom is -0.481 e. The second-order valence-electron chi connectivity index (χ2n) is 3.64. The molecule has 1 aromatic carbocycles. The first-order valence-corrected chi connectivity index (χ1v) is 5.65. The number of ether oxygens (including phenoxy) is 3. The van der Waals surface area contributed by atoms with Crippen molar-refractivity contribution in [3.8, 4) is 5.75 Å². The fourth-order valence-corrected chi connectivity index (χ4v) is 1.49. The first-order valence-electron chi connectivity index (χ1n) is 5.65. The van der Waals surface area contributed by atoms with Gasteiger partial charge in [-0.3, -0.25) is 0 Å². The van der Waals surface area contributed by atoms with E-state index in [4.69, 9.17) is 20.1 Å². The van der Waals surface area contributed by atoms with Crippen molar-refractivity contribution in [2.75, 3.05) is 14.2 Å². The van der Waals surface area contributed by atoms with Crippen LogP contribution < -0.4 is 10.6 Å². The summed E-state index contributed by atoms with van der Waals surface area (Å²) < 4.78 is 15.2. The molecule has 1 amide bonds. The second-order valence-corrected chi connectivity index (χ2v) is 3.64. The highest BCUT2D eigenvalue weighted by molar-refractivity contribution is 5.89. The Morgan fingerprint density at radius 3 is 2.50 bits per heavy atom. The van der Waals surface area contributed by atoms with Crippen LogP contribution >= 0.6 is 0 Å². The largest absolute Gasteiger partial charge is 0.481 e. The maximum Gasteiger partial charge on any atom is 0.444 e. The fourth-order valence-electron chi connectivity index (χ4n) is 1.49. The standard InChI is InChI=1S/C12H14N4O4/c1-18-10-8-11(19-2)15(16(13)14-10)12(17)20-9-6-4-3-5-7-9/h3-8H,13H2,1-2H3. The molecule has 0 radical (unpaired) electrons. The van der Waals surface area contributed by atoms with Crippen molar-refractivity contribution in [3.05, 3.63) is 42.3 Å². The van der Waals surface area contributed by atoms with Gasteiger partial charge in [-0.2, -0.15) is 0 Å². The van der Waals surface area contributed by atoms with E-state index in [1.807, 2.05) is 6.07 Å². The van der Waals surface area contributed by atoms with Gasteiger partial charge in [0.05, 0.1) is 20.3 Å². The van der Waals surface area contributed by atoms with Gasteiger partial charge in [-0.05, 0) is 12.1 Å². The Morgan fingerprint density at radius 2 is 1.90 bits per heavy atom. The molecule has 1 heterocycles. The Hall–Kier alpha value is -2.74. The Balaban J connectivity index is 2.17. The van der Waals surface area contributed by atoms with Gasteiger partial charge >= 0.3 is 6.09 Å². The molecule has 1 aliphatic heterocycles. The lowest BCUT2D eigenvalue weighted by atomic mass is 10.3. The van der Waals surface area contributed by atoms with E-state index >= 15 is 0 Å². The Morgan fingerprint density at radius 1 is 1.20 bits per heavy atom. The Labute approximate surface area is 115 Å². The lowest BCUT2D eigenvalue weighted by molar-refractivity contribution is -0.0270. The summed E-state index contributed by atoms with van der Waals surface area (Å²) in [6.45, 7) is 0. The third-order valence-corrected chi connectivity index (χ3v) is 2.40. The van der Waals surface area contributed by atoms with Gasteiger partial charge in [0.25, 0.3) is 0 Å². The van der Waals surface area contributed by atoms with E-state index in [9.17, 15) is 4.79 Å². The third-order valence-electron chi connectivity index (χ3n) is 2.40. The minimum absolute atomic E-state index is 0.125. The van der Waals surface area contributed by atoms with Crippen molar-refractivity contribution in [1.29, 1.82) is 0 Å². The summed E-state index contributed by atoms with van der Waals surface area (Å²) in [6, 6.07) is 8.58. The number of hydrogen-bond acceptors (Lipinski definition) is 7. The molecule has 0 spiro atoms. The lowest BCUT2D eigenvalue weighted by Crippen LogP contribution is -2.50. The maximum atomic E-state index is 12.1. The molecular formula is C12H14N4O4. The quantitative estimate of drug-likeness (QED) is 0.813. The van der Waals surface area contributed by atoms with Gasteiger partial charge in [0.1, 0.15) is 5.75 Å². The number of amides is 1. The fraction of sp³-hybridized carbons (Fsp3) is 0.167. The number of nitrogens with zero attached hydrogens (tertiary/aromatic N) is 3. The summed E-state index contributed by atoms with van der Waals surface area (Å²) in [5.74, 6) is 6.34. The van der Waals surface area contributed by atoms with Crippen molar-refractivity contribution in [2.45, 2.75) is 0 Å². The summed E-state index contributed by atoms with van der Waals surface area (Å²) in [5, 5.41) is 5.52. The van der Waals surface area contributed by atoms with Crippen LogP contribution in [-0.2, 0) is 9.47 Å². The predicted octanol–water partition coefficient (Wildman–Crippen LogP) is 1.04. The number of carbonyl (C=O) groups excluding carboxylic acids is 1. The molecule has 0 aromatic heterocycles. The highest BCUT2D eigenvalue weighted by Crippen LogP contribution is 2.17. The van der Waals surface area contributed by atoms with Gasteiger partial charge in [-0.1, -0.05) is 18.2 Å². The summed E-state index contributed by atoms with van der Waals surface area (Å²) in [5.41, 5.74) is 0. The number of hydrazone groups is 1. The molecule has 0 atom stereocenters. The summed E-state index contributed by atoms with van der Waals surface area (Å²) in [7, 11) is 2.81. The summed E-state index contributed by atoms with van der Waals surface area (Å²) in [4.78, 5) is 12.1. The van der Waals surface area contributed by atoms with E-state index in [1.54, 1.807) is 24.3 Å². The molecule has 8 nitrogen and oxygen atoms in total. The molecule has 2 rings (SSSR count). The molecule has 0 bridgehead atoms. The van der Waals surface area contributed by atoms with Gasteiger partial charge in [0, 0.05) is 0 Å². The minimum atomic E-state index is -0.759. The molecule has 106 valence electrons. The van der Waals surface area contributed by atoms with E-state index < -0.39 is 6.09 Å². The average Bonchev–Trinajstić information content (AvgIpc) is 2.47. The van der Waals surface area contributed by atoms with E-state index in [0.29, 0.717) is 5.75 Å². The zero-order valence-corrected chi connectivity index (χ0v) is 11.0. The smallest absolute Gasteiger partial charge is 0.444 e. The van der Waals surface area contributed by atoms with Crippen molar-refractivity contribution in [3.63, 3.8) is 0 Å². The third kappa shape index (κ3) is 2.81. The van der Waals surface area contributed by atoms with E-state index in [1.165, 1.54) is 20.3 Å². The van der Waals surface area contributed by atoms with Gasteiger partial charge in [0.2, 0.25) is 11.8 Å². The lowest BCUT2D eigenvalue weighted by Gasteiger charge is -2.30. The van der Waals surface area contributed by atoms with Crippen LogP contribution in [0.5, 0.6) is 5.75 Å². The van der Waals surface area contributed by atoms with E-state index in [0.717, 1.165) is 10.2 Å². The second kappa shape index (κ2) is 5.93. The van der Waals surface area contributed by atoms with Crippen LogP contribution in [0.2, 0.25) is 0 Å². The Kier molecular flexibility index (Phi) is 4.06. The molecular weight excluding hydrogens is 264 g/mol. The summed E-state index contributed by atoms with van der Waals surface area (Å²) in [6.07, 6.45) is 0.654. The predicted molar refractivity (Wildman–Crippen MR) is 69.9 cm³/mol. The molecule has 0 unspecified atom stereocenters. The molecule has 0 saturated carbocycles. The van der Waals surface area contributed by atoms with Crippen LogP contribution in [0, 0.1) is 0 Å². The van der Waals surface area contributed by atoms with E-state index in [2.05, 4.69) is 5.10 Å². The van der Waals surface area contributed by atoms with Gasteiger partial charge in [-0.25, -0.2) is 10.6 Å². The number of carbonyl (C=O) groups is 1. The number of para-hydroxylation sites is 1. The molecule has 1 aromatic rings. The van der Waals surface area contributed by atoms with Crippen molar-refractivity contribution < 1.29 is 19.0 Å². The monoisotopic (exact) mass is 278 g/mol. The zero-order valence-electron chi connectivity index (χ0n) is 11.0. The zero-order chi connectivity index (χ0) is 14.5. The van der Waals surface area contributed by atoms with Crippen LogP contribution in [0.3, 0.4) is 0 Å². The molecule has 1 aliphatic rings. The maximum absolute atomic E-state index is 12.1. The van der Waals surface area contributed by atoms with Crippen LogP contribution in [-0.4, -0.2) is 36.4 Å². The molecule has 0 aliphatic carbocycles. The SMILES string of the molecule is COC1=CC(OC)=NN(N)N1C(=O)Oc1ccccc1. The van der Waals surface area contributed by atoms with Gasteiger partial charge < -0.3 is 14.2 Å². The van der Waals surface area contributed by atoms with Crippen molar-refractivity contribution >= 4 is 12.0 Å². The molecule has 8 heteroatoms. The van der Waals surface area contributed by atoms with Crippen molar-refractivity contribution in [1.82, 2.24) is 10.2 Å². The number of hydrazine groups is 2. The molecule has 2 N–H and O–H groups in total. The number of benzene rings is 1. The number of hydrogen-bond donors (Lipinski definition) is 1. The van der Waals surface area contributed by atoms with Crippen molar-refractivity contribution in [2.24, 2.45) is 10.9 Å². The number of nitrogens with two attached hydrogens (primary N) is 1. The summed E-state index contributed by atoms with van der Waals surface area (Å²) >= 11 is 0. The number of methoxy groups -OCH3 is 2. The van der Waals surface area contributed by atoms with Crippen LogP contribution in [0.25, 0.3) is 0 Å². The van der Waals surface area contributed by atoms with E-state index in [-0.39, 0.29) is 11.8 Å². The van der Waals surface area contributed by atoms with Gasteiger partial charge in [0.15, 0.2) is 0 Å². The molecule has 0 saturated heterocycles. The van der Waals surface area contributed by atoms with Gasteiger partial charge in [-0.15, -0.1) is 15.3 Å². The topological polar surface area (TPSA) is 89.6 Å². The first-order chi connectivity index (χ1) is 9.65. The molecule has 20 heavy (non-hydrogen) atoms. The van der Waals surface area contributed by atoms with Crippen LogP contribution in [0.4, 0.5) is 4.79 Å². The van der Waals surface area contributed by atoms with Crippen LogP contribution in [0.1, 0.15) is 0 Å². The normalized spacial score (nSPS) is 14.3.